The molecule has 1 aromatic rings. The molecule has 1 heterocycles. The minimum Gasteiger partial charge on any atom is -0.464 e. The van der Waals surface area contributed by atoms with E-state index in [0.29, 0.717) is 12.5 Å². The van der Waals surface area contributed by atoms with Gasteiger partial charge in [-0.3, -0.25) is 9.59 Å². The summed E-state index contributed by atoms with van der Waals surface area (Å²) in [7, 11) is -3.86. The van der Waals surface area contributed by atoms with Crippen molar-refractivity contribution in [3.63, 3.8) is 0 Å². The molecule has 2 N–H and O–H groups in total. The van der Waals surface area contributed by atoms with Crippen LogP contribution in [0, 0.1) is 5.92 Å². The molecule has 8 nitrogen and oxygen atoms in total. The molecule has 0 spiro atoms. The van der Waals surface area contributed by atoms with Gasteiger partial charge in [0.2, 0.25) is 5.09 Å². The molecule has 134 valence electrons. The third kappa shape index (κ3) is 5.64. The number of carbonyl (C=O) groups excluding carboxylic acids is 2. The highest BCUT2D eigenvalue weighted by Crippen LogP contribution is 2.28. The van der Waals surface area contributed by atoms with Crippen molar-refractivity contribution in [1.82, 2.24) is 10.0 Å². The molecule has 2 rings (SSSR count). The van der Waals surface area contributed by atoms with E-state index in [0.717, 1.165) is 12.8 Å². The van der Waals surface area contributed by atoms with Gasteiger partial charge in [-0.2, -0.15) is 0 Å². The van der Waals surface area contributed by atoms with E-state index in [1.165, 1.54) is 12.1 Å². The average Bonchev–Trinajstić information content (AvgIpc) is 3.13. The zero-order valence-corrected chi connectivity index (χ0v) is 14.7. The van der Waals surface area contributed by atoms with Crippen molar-refractivity contribution < 1.29 is 27.2 Å². The lowest BCUT2D eigenvalue weighted by molar-refractivity contribution is -0.142. The second kappa shape index (κ2) is 6.94. The highest BCUT2D eigenvalue weighted by molar-refractivity contribution is 7.89. The molecule has 0 bridgehead atoms. The molecule has 24 heavy (non-hydrogen) atoms. The zero-order valence-electron chi connectivity index (χ0n) is 13.9. The van der Waals surface area contributed by atoms with Gasteiger partial charge in [0.15, 0.2) is 5.76 Å². The summed E-state index contributed by atoms with van der Waals surface area (Å²) in [6, 6.07) is 2.43. The molecule has 9 heteroatoms. The van der Waals surface area contributed by atoms with Crippen LogP contribution in [0.2, 0.25) is 0 Å². The van der Waals surface area contributed by atoms with Crippen LogP contribution in [-0.4, -0.2) is 39.0 Å². The smallest absolute Gasteiger partial charge is 0.325 e. The predicted molar refractivity (Wildman–Crippen MR) is 84.8 cm³/mol. The molecule has 1 aliphatic rings. The Balaban J connectivity index is 1.89. The lowest BCUT2D eigenvalue weighted by atomic mass is 10.1. The summed E-state index contributed by atoms with van der Waals surface area (Å²) < 4.78 is 36.7. The Hall–Kier alpha value is -1.87. The van der Waals surface area contributed by atoms with Crippen molar-refractivity contribution in [2.75, 3.05) is 13.2 Å². The van der Waals surface area contributed by atoms with E-state index < -0.39 is 27.4 Å². The van der Waals surface area contributed by atoms with Crippen LogP contribution < -0.4 is 10.0 Å². The van der Waals surface area contributed by atoms with Gasteiger partial charge in [0, 0.05) is 5.54 Å². The van der Waals surface area contributed by atoms with Gasteiger partial charge in [-0.05, 0) is 51.7 Å². The van der Waals surface area contributed by atoms with Gasteiger partial charge < -0.3 is 14.5 Å². The van der Waals surface area contributed by atoms with E-state index in [2.05, 4.69) is 10.0 Å². The van der Waals surface area contributed by atoms with E-state index in [4.69, 9.17) is 9.15 Å². The second-order valence-electron chi connectivity index (χ2n) is 6.78. The van der Waals surface area contributed by atoms with Crippen LogP contribution in [0.3, 0.4) is 0 Å². The third-order valence-electron chi connectivity index (χ3n) is 3.08. The maximum atomic E-state index is 12.1. The van der Waals surface area contributed by atoms with Gasteiger partial charge in [0.1, 0.15) is 6.54 Å². The Kier molecular flexibility index (Phi) is 5.34. The van der Waals surface area contributed by atoms with Crippen molar-refractivity contribution >= 4 is 21.9 Å². The summed E-state index contributed by atoms with van der Waals surface area (Å²) >= 11 is 0. The number of hydrogen-bond acceptors (Lipinski definition) is 6. The van der Waals surface area contributed by atoms with E-state index >= 15 is 0 Å². The molecule has 0 radical (unpaired) electrons. The number of sulfonamides is 1. The predicted octanol–water partition coefficient (Wildman–Crippen LogP) is 1.04. The van der Waals surface area contributed by atoms with E-state index in [9.17, 15) is 18.0 Å². The Morgan fingerprint density at radius 3 is 2.54 bits per heavy atom. The molecule has 0 aliphatic heterocycles. The van der Waals surface area contributed by atoms with Crippen LogP contribution in [0.1, 0.15) is 44.2 Å². The normalized spacial score (nSPS) is 15.1. The molecular formula is C15H22N2O6S. The number of esters is 1. The van der Waals surface area contributed by atoms with Gasteiger partial charge in [-0.15, -0.1) is 0 Å². The number of carbonyl (C=O) groups is 2. The minimum atomic E-state index is -3.86. The summed E-state index contributed by atoms with van der Waals surface area (Å²) in [5.74, 6) is -0.975. The first-order valence-electron chi connectivity index (χ1n) is 7.64. The van der Waals surface area contributed by atoms with Crippen molar-refractivity contribution in [3.8, 4) is 0 Å². The largest absolute Gasteiger partial charge is 0.464 e. The third-order valence-corrected chi connectivity index (χ3v) is 4.71. The maximum Gasteiger partial charge on any atom is 0.325 e. The van der Waals surface area contributed by atoms with E-state index in [1.54, 1.807) is 20.8 Å². The first kappa shape index (κ1) is 18.5. The summed E-state index contributed by atoms with van der Waals surface area (Å²) in [4.78, 5) is 23.4. The molecule has 0 atom stereocenters. The molecule has 0 aromatic carbocycles. The van der Waals surface area contributed by atoms with Gasteiger partial charge in [-0.25, -0.2) is 13.1 Å². The van der Waals surface area contributed by atoms with Gasteiger partial charge >= 0.3 is 5.97 Å². The minimum absolute atomic E-state index is 0.195. The van der Waals surface area contributed by atoms with Crippen LogP contribution in [-0.2, 0) is 19.6 Å². The monoisotopic (exact) mass is 358 g/mol. The summed E-state index contributed by atoms with van der Waals surface area (Å²) in [6.07, 6.45) is 2.12. The van der Waals surface area contributed by atoms with Crippen LogP contribution in [0.4, 0.5) is 0 Å². The highest BCUT2D eigenvalue weighted by Gasteiger charge is 2.26. The number of hydrogen-bond donors (Lipinski definition) is 2. The van der Waals surface area contributed by atoms with Crippen molar-refractivity contribution in [3.05, 3.63) is 17.9 Å². The Labute approximate surface area is 141 Å². The molecule has 1 amide bonds. The summed E-state index contributed by atoms with van der Waals surface area (Å²) in [6.45, 7) is 5.14. The maximum absolute atomic E-state index is 12.1. The fraction of sp³-hybridized carbons (Fsp3) is 0.600. The van der Waals surface area contributed by atoms with Gasteiger partial charge in [0.25, 0.3) is 15.9 Å². The first-order chi connectivity index (χ1) is 11.1. The Morgan fingerprint density at radius 1 is 1.29 bits per heavy atom. The molecule has 1 aromatic heterocycles. The van der Waals surface area contributed by atoms with Crippen LogP contribution in [0.5, 0.6) is 0 Å². The number of furan rings is 1. The van der Waals surface area contributed by atoms with E-state index in [1.807, 2.05) is 0 Å². The first-order valence-corrected chi connectivity index (χ1v) is 9.13. The summed E-state index contributed by atoms with van der Waals surface area (Å²) in [5.41, 5.74) is -0.681. The fourth-order valence-electron chi connectivity index (χ4n) is 1.83. The quantitative estimate of drug-likeness (QED) is 0.704. The average molecular weight is 358 g/mol. The van der Waals surface area contributed by atoms with Crippen LogP contribution >= 0.6 is 0 Å². The topological polar surface area (TPSA) is 115 Å². The molecule has 0 saturated heterocycles. The van der Waals surface area contributed by atoms with Gasteiger partial charge in [0.05, 0.1) is 6.61 Å². The van der Waals surface area contributed by atoms with Crippen molar-refractivity contribution in [2.45, 2.75) is 44.2 Å². The molecule has 0 unspecified atom stereocenters. The SMILES string of the molecule is CC(C)(C)NS(=O)(=O)c1ccc(C(=O)NCC(=O)OCC2CC2)o1. The fourth-order valence-corrected chi connectivity index (χ4v) is 3.18. The van der Waals surface area contributed by atoms with E-state index in [-0.39, 0.29) is 17.4 Å². The highest BCUT2D eigenvalue weighted by atomic mass is 32.2. The number of nitrogens with one attached hydrogen (secondary N) is 2. The van der Waals surface area contributed by atoms with Crippen molar-refractivity contribution in [1.29, 1.82) is 0 Å². The number of rotatable bonds is 7. The zero-order chi connectivity index (χ0) is 18.0. The van der Waals surface area contributed by atoms with Crippen molar-refractivity contribution in [2.24, 2.45) is 5.92 Å². The standard InChI is InChI=1S/C15H22N2O6S/c1-15(2,3)17-24(20,21)13-7-6-11(23-13)14(19)16-8-12(18)22-9-10-4-5-10/h6-7,10,17H,4-5,8-9H2,1-3H3,(H,16,19). The molecule has 1 saturated carbocycles. The van der Waals surface area contributed by atoms with Gasteiger partial charge in [-0.1, -0.05) is 0 Å². The van der Waals surface area contributed by atoms with Crippen LogP contribution in [0.15, 0.2) is 21.6 Å². The summed E-state index contributed by atoms with van der Waals surface area (Å²) in [5, 5.41) is 1.97. The number of ether oxygens (including phenoxy) is 1. The Morgan fingerprint density at radius 2 is 1.96 bits per heavy atom. The lowest BCUT2D eigenvalue weighted by Crippen LogP contribution is -2.40. The van der Waals surface area contributed by atoms with Crippen LogP contribution in [0.25, 0.3) is 0 Å². The molecule has 1 aliphatic carbocycles. The number of amides is 1. The Bertz CT molecular complexity index is 713. The molecule has 1 fully saturated rings. The second-order valence-corrected chi connectivity index (χ2v) is 8.40. The lowest BCUT2D eigenvalue weighted by Gasteiger charge is -2.18. The molecular weight excluding hydrogens is 336 g/mol.